The number of nitroso groups, excluding NO2 is 1. The minimum absolute atomic E-state index is 0.00699. The number of aromatic nitrogens is 2. The van der Waals surface area contributed by atoms with Gasteiger partial charge in [0.25, 0.3) is 0 Å². The van der Waals surface area contributed by atoms with E-state index in [-0.39, 0.29) is 12.5 Å². The van der Waals surface area contributed by atoms with Crippen LogP contribution in [0.2, 0.25) is 0 Å². The van der Waals surface area contributed by atoms with Gasteiger partial charge in [-0.3, -0.25) is 5.10 Å². The van der Waals surface area contributed by atoms with Crippen LogP contribution in [0.1, 0.15) is 28.4 Å². The second kappa shape index (κ2) is 4.91. The average Bonchev–Trinajstić information content (AvgIpc) is 2.68. The molecule has 1 unspecified atom stereocenters. The lowest BCUT2D eigenvalue weighted by Crippen LogP contribution is -2.06. The zero-order chi connectivity index (χ0) is 12.3. The fourth-order valence-corrected chi connectivity index (χ4v) is 2.20. The Morgan fingerprint density at radius 3 is 2.53 bits per heavy atom. The molecule has 0 aliphatic carbocycles. The molecule has 4 heteroatoms. The third kappa shape index (κ3) is 2.25. The van der Waals surface area contributed by atoms with Gasteiger partial charge in [-0.05, 0) is 19.4 Å². The molecular weight excluding hydrogens is 214 g/mol. The van der Waals surface area contributed by atoms with Crippen LogP contribution < -0.4 is 0 Å². The number of benzene rings is 1. The summed E-state index contributed by atoms with van der Waals surface area (Å²) < 4.78 is 0. The summed E-state index contributed by atoms with van der Waals surface area (Å²) >= 11 is 0. The Hall–Kier alpha value is -1.97. The van der Waals surface area contributed by atoms with Gasteiger partial charge in [-0.1, -0.05) is 35.5 Å². The Morgan fingerprint density at radius 1 is 1.29 bits per heavy atom. The van der Waals surface area contributed by atoms with Crippen molar-refractivity contribution in [3.05, 3.63) is 57.8 Å². The molecule has 0 amide bonds. The first-order chi connectivity index (χ1) is 8.24. The first kappa shape index (κ1) is 11.5. The van der Waals surface area contributed by atoms with Crippen LogP contribution in [0.3, 0.4) is 0 Å². The fraction of sp³-hybridized carbons (Fsp3) is 0.308. The molecule has 1 N–H and O–H groups in total. The third-order valence-corrected chi connectivity index (χ3v) is 2.99. The molecule has 0 bridgehead atoms. The largest absolute Gasteiger partial charge is 0.282 e. The molecule has 0 radical (unpaired) electrons. The molecule has 0 aliphatic heterocycles. The van der Waals surface area contributed by atoms with Gasteiger partial charge >= 0.3 is 0 Å². The summed E-state index contributed by atoms with van der Waals surface area (Å²) in [6, 6.07) is 9.93. The first-order valence-electron chi connectivity index (χ1n) is 5.59. The molecular formula is C13H15N3O. The normalized spacial score (nSPS) is 12.4. The maximum absolute atomic E-state index is 10.6. The SMILES string of the molecule is Cc1n[nH]c(C)c1C(CN=O)c1ccccc1. The van der Waals surface area contributed by atoms with Crippen LogP contribution in [-0.2, 0) is 0 Å². The quantitative estimate of drug-likeness (QED) is 0.819. The fourth-order valence-electron chi connectivity index (χ4n) is 2.20. The van der Waals surface area contributed by atoms with Crippen molar-refractivity contribution >= 4 is 0 Å². The van der Waals surface area contributed by atoms with Crippen molar-refractivity contribution in [1.82, 2.24) is 10.2 Å². The van der Waals surface area contributed by atoms with E-state index in [4.69, 9.17) is 0 Å². The van der Waals surface area contributed by atoms with Gasteiger partial charge in [0, 0.05) is 17.2 Å². The molecule has 0 aliphatic rings. The molecule has 2 rings (SSSR count). The molecule has 0 saturated carbocycles. The van der Waals surface area contributed by atoms with E-state index in [9.17, 15) is 4.91 Å². The van der Waals surface area contributed by atoms with Crippen molar-refractivity contribution in [2.45, 2.75) is 19.8 Å². The summed E-state index contributed by atoms with van der Waals surface area (Å²) in [4.78, 5) is 10.6. The van der Waals surface area contributed by atoms with Crippen LogP contribution in [0.4, 0.5) is 0 Å². The van der Waals surface area contributed by atoms with E-state index in [0.29, 0.717) is 0 Å². The number of aromatic amines is 1. The van der Waals surface area contributed by atoms with Crippen molar-refractivity contribution in [2.24, 2.45) is 5.18 Å². The van der Waals surface area contributed by atoms with Crippen LogP contribution in [0.15, 0.2) is 35.5 Å². The summed E-state index contributed by atoms with van der Waals surface area (Å²) in [7, 11) is 0. The number of rotatable bonds is 4. The van der Waals surface area contributed by atoms with E-state index in [1.54, 1.807) is 0 Å². The van der Waals surface area contributed by atoms with Crippen LogP contribution in [0.25, 0.3) is 0 Å². The first-order valence-corrected chi connectivity index (χ1v) is 5.59. The van der Waals surface area contributed by atoms with Gasteiger partial charge in [0.2, 0.25) is 0 Å². The molecule has 2 aromatic rings. The van der Waals surface area contributed by atoms with E-state index in [1.165, 1.54) is 0 Å². The summed E-state index contributed by atoms with van der Waals surface area (Å²) in [5.41, 5.74) is 4.11. The Labute approximate surface area is 100 Å². The van der Waals surface area contributed by atoms with Gasteiger partial charge in [-0.2, -0.15) is 10.0 Å². The molecule has 17 heavy (non-hydrogen) atoms. The maximum atomic E-state index is 10.6. The zero-order valence-electron chi connectivity index (χ0n) is 9.97. The molecule has 0 spiro atoms. The molecule has 1 aromatic heterocycles. The van der Waals surface area contributed by atoms with Gasteiger partial charge in [0.05, 0.1) is 12.2 Å². The molecule has 1 heterocycles. The summed E-state index contributed by atoms with van der Waals surface area (Å²) in [6.07, 6.45) is 0. The van der Waals surface area contributed by atoms with Gasteiger partial charge in [-0.25, -0.2) is 0 Å². The summed E-state index contributed by atoms with van der Waals surface area (Å²) in [6.45, 7) is 4.15. The maximum Gasteiger partial charge on any atom is 0.0921 e. The molecule has 0 fully saturated rings. The van der Waals surface area contributed by atoms with Gasteiger partial charge in [0.1, 0.15) is 0 Å². The Kier molecular flexibility index (Phi) is 3.32. The van der Waals surface area contributed by atoms with E-state index < -0.39 is 0 Å². The zero-order valence-corrected chi connectivity index (χ0v) is 9.97. The highest BCUT2D eigenvalue weighted by molar-refractivity contribution is 5.37. The van der Waals surface area contributed by atoms with Crippen LogP contribution in [-0.4, -0.2) is 16.7 Å². The number of nitrogens with one attached hydrogen (secondary N) is 1. The van der Waals surface area contributed by atoms with Gasteiger partial charge in [0.15, 0.2) is 0 Å². The minimum atomic E-state index is -0.00699. The monoisotopic (exact) mass is 229 g/mol. The summed E-state index contributed by atoms with van der Waals surface area (Å²) in [5, 5.41) is 10.2. The number of hydrogen-bond acceptors (Lipinski definition) is 3. The smallest absolute Gasteiger partial charge is 0.0921 e. The standard InChI is InChI=1S/C13H15N3O/c1-9-13(10(2)16-15-9)12(8-14-17)11-6-4-3-5-7-11/h3-7,12H,8H2,1-2H3,(H,15,16). The minimum Gasteiger partial charge on any atom is -0.282 e. The molecule has 1 aromatic carbocycles. The second-order valence-electron chi connectivity index (χ2n) is 4.12. The molecule has 1 atom stereocenters. The summed E-state index contributed by atoms with van der Waals surface area (Å²) in [5.74, 6) is -0.00699. The molecule has 4 nitrogen and oxygen atoms in total. The third-order valence-electron chi connectivity index (χ3n) is 2.99. The van der Waals surface area contributed by atoms with Crippen molar-refractivity contribution < 1.29 is 0 Å². The number of nitrogens with zero attached hydrogens (tertiary/aromatic N) is 2. The van der Waals surface area contributed by atoms with E-state index in [1.807, 2.05) is 44.2 Å². The van der Waals surface area contributed by atoms with E-state index >= 15 is 0 Å². The van der Waals surface area contributed by atoms with Crippen molar-refractivity contribution in [1.29, 1.82) is 0 Å². The average molecular weight is 229 g/mol. The van der Waals surface area contributed by atoms with Crippen molar-refractivity contribution in [3.8, 4) is 0 Å². The van der Waals surface area contributed by atoms with E-state index in [2.05, 4.69) is 15.4 Å². The molecule has 88 valence electrons. The van der Waals surface area contributed by atoms with Gasteiger partial charge < -0.3 is 0 Å². The number of hydrogen-bond donors (Lipinski definition) is 1. The topological polar surface area (TPSA) is 58.1 Å². The second-order valence-corrected chi connectivity index (χ2v) is 4.12. The lowest BCUT2D eigenvalue weighted by atomic mass is 9.90. The Balaban J connectivity index is 2.46. The highest BCUT2D eigenvalue weighted by atomic mass is 16.3. The van der Waals surface area contributed by atoms with Crippen molar-refractivity contribution in [3.63, 3.8) is 0 Å². The Bertz CT molecular complexity index is 485. The van der Waals surface area contributed by atoms with Crippen LogP contribution in [0.5, 0.6) is 0 Å². The van der Waals surface area contributed by atoms with Crippen molar-refractivity contribution in [2.75, 3.05) is 6.54 Å². The predicted octanol–water partition coefficient (Wildman–Crippen LogP) is 2.92. The molecule has 0 saturated heterocycles. The number of H-pyrrole nitrogens is 1. The Morgan fingerprint density at radius 2 is 2.00 bits per heavy atom. The number of aryl methyl sites for hydroxylation is 2. The van der Waals surface area contributed by atoms with E-state index in [0.717, 1.165) is 22.5 Å². The van der Waals surface area contributed by atoms with Gasteiger partial charge in [-0.15, -0.1) is 0 Å². The van der Waals surface area contributed by atoms with Crippen LogP contribution in [0, 0.1) is 18.8 Å². The lowest BCUT2D eigenvalue weighted by molar-refractivity contribution is 0.803. The highest BCUT2D eigenvalue weighted by Crippen LogP contribution is 2.28. The van der Waals surface area contributed by atoms with Crippen LogP contribution >= 0.6 is 0 Å². The predicted molar refractivity (Wildman–Crippen MR) is 67.0 cm³/mol. The highest BCUT2D eigenvalue weighted by Gasteiger charge is 2.20. The lowest BCUT2D eigenvalue weighted by Gasteiger charge is -2.14.